The van der Waals surface area contributed by atoms with E-state index in [2.05, 4.69) is 40.1 Å². The number of nitrogens with zero attached hydrogens (tertiary/aromatic N) is 2. The predicted molar refractivity (Wildman–Crippen MR) is 59.1 cm³/mol. The summed E-state index contributed by atoms with van der Waals surface area (Å²) >= 11 is 3.40. The molecule has 0 spiro atoms. The minimum atomic E-state index is 0.966. The van der Waals surface area contributed by atoms with Crippen molar-refractivity contribution in [2.75, 3.05) is 5.33 Å². The highest BCUT2D eigenvalue weighted by Crippen LogP contribution is 2.06. The van der Waals surface area contributed by atoms with Crippen molar-refractivity contribution >= 4 is 15.9 Å². The molecular weight excluding hydrogens is 228 g/mol. The van der Waals surface area contributed by atoms with Gasteiger partial charge in [0.05, 0.1) is 5.69 Å². The summed E-state index contributed by atoms with van der Waals surface area (Å²) in [5.41, 5.74) is 2.53. The zero-order chi connectivity index (χ0) is 9.68. The van der Waals surface area contributed by atoms with Crippen LogP contribution in [0.4, 0.5) is 0 Å². The number of alkyl halides is 1. The van der Waals surface area contributed by atoms with Gasteiger partial charge in [0.25, 0.3) is 0 Å². The molecule has 0 fully saturated rings. The van der Waals surface area contributed by atoms with E-state index in [1.54, 1.807) is 0 Å². The van der Waals surface area contributed by atoms with Crippen LogP contribution in [0.2, 0.25) is 0 Å². The number of allylic oxidation sites excluding steroid dienone is 2. The quantitative estimate of drug-likeness (QED) is 0.587. The molecule has 1 aromatic heterocycles. The number of hydrogen-bond acceptors (Lipinski definition) is 1. The lowest BCUT2D eigenvalue weighted by Crippen LogP contribution is -1.92. The Kier molecular flexibility index (Phi) is 4.22. The van der Waals surface area contributed by atoms with Crippen molar-refractivity contribution in [1.29, 1.82) is 0 Å². The molecule has 0 saturated carbocycles. The zero-order valence-electron chi connectivity index (χ0n) is 8.13. The molecule has 72 valence electrons. The Labute approximate surface area is 87.8 Å². The Morgan fingerprint density at radius 2 is 2.46 bits per heavy atom. The Morgan fingerprint density at radius 1 is 1.69 bits per heavy atom. The minimum Gasteiger partial charge on any atom is -0.276 e. The number of hydrogen-bond donors (Lipinski definition) is 0. The molecule has 0 saturated heterocycles. The Hall–Kier alpha value is -0.570. The normalized spacial score (nSPS) is 12.1. The van der Waals surface area contributed by atoms with E-state index >= 15 is 0 Å². The van der Waals surface area contributed by atoms with Crippen LogP contribution in [-0.2, 0) is 13.5 Å². The van der Waals surface area contributed by atoms with Gasteiger partial charge in [0.1, 0.15) is 0 Å². The van der Waals surface area contributed by atoms with Gasteiger partial charge in [0.15, 0.2) is 0 Å². The lowest BCUT2D eigenvalue weighted by Gasteiger charge is -1.96. The van der Waals surface area contributed by atoms with E-state index in [4.69, 9.17) is 0 Å². The summed E-state index contributed by atoms with van der Waals surface area (Å²) < 4.78 is 1.84. The van der Waals surface area contributed by atoms with Gasteiger partial charge >= 0.3 is 0 Å². The summed E-state index contributed by atoms with van der Waals surface area (Å²) in [5, 5.41) is 5.36. The molecule has 0 aromatic carbocycles. The molecule has 0 amide bonds. The highest BCUT2D eigenvalue weighted by molar-refractivity contribution is 9.09. The second-order valence-electron chi connectivity index (χ2n) is 3.19. The van der Waals surface area contributed by atoms with Crippen molar-refractivity contribution in [3.05, 3.63) is 29.6 Å². The van der Waals surface area contributed by atoms with Gasteiger partial charge in [-0.05, 0) is 19.4 Å². The van der Waals surface area contributed by atoms with E-state index in [0.717, 1.165) is 23.9 Å². The maximum atomic E-state index is 4.32. The molecule has 0 aliphatic heterocycles. The van der Waals surface area contributed by atoms with Crippen LogP contribution in [0.3, 0.4) is 0 Å². The molecule has 1 rings (SSSR count). The average molecular weight is 243 g/mol. The largest absolute Gasteiger partial charge is 0.276 e. The van der Waals surface area contributed by atoms with Gasteiger partial charge in [-0.2, -0.15) is 5.10 Å². The molecule has 13 heavy (non-hydrogen) atoms. The molecule has 0 N–H and O–H groups in total. The SMILES string of the molecule is C/C(=C/CCBr)Cc1ccn(C)n1. The van der Waals surface area contributed by atoms with Gasteiger partial charge in [0.2, 0.25) is 0 Å². The number of aryl methyl sites for hydroxylation is 1. The Bertz CT molecular complexity index is 289. The van der Waals surface area contributed by atoms with Gasteiger partial charge in [0, 0.05) is 25.0 Å². The van der Waals surface area contributed by atoms with Crippen LogP contribution < -0.4 is 0 Å². The van der Waals surface area contributed by atoms with E-state index < -0.39 is 0 Å². The predicted octanol–water partition coefficient (Wildman–Crippen LogP) is 2.69. The first kappa shape index (κ1) is 10.5. The molecule has 3 heteroatoms. The molecule has 0 unspecified atom stereocenters. The molecule has 2 nitrogen and oxygen atoms in total. The van der Waals surface area contributed by atoms with Crippen LogP contribution in [0.25, 0.3) is 0 Å². The summed E-state index contributed by atoms with van der Waals surface area (Å²) in [4.78, 5) is 0. The van der Waals surface area contributed by atoms with Crippen LogP contribution in [0.15, 0.2) is 23.9 Å². The van der Waals surface area contributed by atoms with Gasteiger partial charge < -0.3 is 0 Å². The lowest BCUT2D eigenvalue weighted by atomic mass is 10.1. The summed E-state index contributed by atoms with van der Waals surface area (Å²) in [7, 11) is 1.95. The number of halogens is 1. The average Bonchev–Trinajstić information content (AvgIpc) is 2.48. The number of rotatable bonds is 4. The first-order chi connectivity index (χ1) is 6.22. The minimum absolute atomic E-state index is 0.966. The fraction of sp³-hybridized carbons (Fsp3) is 0.500. The second-order valence-corrected chi connectivity index (χ2v) is 3.98. The second kappa shape index (κ2) is 5.22. The molecule has 1 aromatic rings. The van der Waals surface area contributed by atoms with Crippen LogP contribution >= 0.6 is 15.9 Å². The van der Waals surface area contributed by atoms with E-state index in [-0.39, 0.29) is 0 Å². The number of aromatic nitrogens is 2. The summed E-state index contributed by atoms with van der Waals surface area (Å²) in [6.45, 7) is 2.15. The Balaban J connectivity index is 2.49. The van der Waals surface area contributed by atoms with Crippen molar-refractivity contribution < 1.29 is 0 Å². The summed E-state index contributed by atoms with van der Waals surface area (Å²) in [5.74, 6) is 0. The third-order valence-corrected chi connectivity index (χ3v) is 2.29. The third kappa shape index (κ3) is 3.77. The van der Waals surface area contributed by atoms with Crippen molar-refractivity contribution in [2.24, 2.45) is 7.05 Å². The third-order valence-electron chi connectivity index (χ3n) is 1.83. The van der Waals surface area contributed by atoms with Crippen molar-refractivity contribution in [2.45, 2.75) is 19.8 Å². The molecule has 0 atom stereocenters. The van der Waals surface area contributed by atoms with Crippen molar-refractivity contribution in [3.8, 4) is 0 Å². The van der Waals surface area contributed by atoms with Crippen LogP contribution in [0.5, 0.6) is 0 Å². The smallest absolute Gasteiger partial charge is 0.0664 e. The maximum Gasteiger partial charge on any atom is 0.0664 e. The van der Waals surface area contributed by atoms with E-state index in [9.17, 15) is 0 Å². The molecular formula is C10H15BrN2. The highest BCUT2D eigenvalue weighted by Gasteiger charge is 1.97. The van der Waals surface area contributed by atoms with Crippen molar-refractivity contribution in [1.82, 2.24) is 9.78 Å². The first-order valence-electron chi connectivity index (χ1n) is 4.42. The first-order valence-corrected chi connectivity index (χ1v) is 5.54. The van der Waals surface area contributed by atoms with Crippen LogP contribution in [-0.4, -0.2) is 15.1 Å². The van der Waals surface area contributed by atoms with E-state index in [0.29, 0.717) is 0 Å². The van der Waals surface area contributed by atoms with E-state index in [1.165, 1.54) is 5.57 Å². The molecule has 0 aliphatic carbocycles. The highest BCUT2D eigenvalue weighted by atomic mass is 79.9. The molecule has 1 heterocycles. The zero-order valence-corrected chi connectivity index (χ0v) is 9.71. The fourth-order valence-corrected chi connectivity index (χ4v) is 1.45. The molecule has 0 bridgehead atoms. The van der Waals surface area contributed by atoms with Gasteiger partial charge in [-0.15, -0.1) is 0 Å². The summed E-state index contributed by atoms with van der Waals surface area (Å²) in [6.07, 6.45) is 6.29. The van der Waals surface area contributed by atoms with Crippen molar-refractivity contribution in [3.63, 3.8) is 0 Å². The fourth-order valence-electron chi connectivity index (χ4n) is 1.22. The van der Waals surface area contributed by atoms with Gasteiger partial charge in [-0.25, -0.2) is 0 Å². The summed E-state index contributed by atoms with van der Waals surface area (Å²) in [6, 6.07) is 2.06. The standard InChI is InChI=1S/C10H15BrN2/c1-9(4-3-6-11)8-10-5-7-13(2)12-10/h4-5,7H,3,6,8H2,1-2H3/b9-4-. The van der Waals surface area contributed by atoms with Gasteiger partial charge in [-0.1, -0.05) is 27.6 Å². The Morgan fingerprint density at radius 3 is 3.00 bits per heavy atom. The van der Waals surface area contributed by atoms with E-state index in [1.807, 2.05) is 17.9 Å². The van der Waals surface area contributed by atoms with Crippen LogP contribution in [0, 0.1) is 0 Å². The van der Waals surface area contributed by atoms with Crippen LogP contribution in [0.1, 0.15) is 19.0 Å². The maximum absolute atomic E-state index is 4.32. The van der Waals surface area contributed by atoms with Gasteiger partial charge in [-0.3, -0.25) is 4.68 Å². The molecule has 0 radical (unpaired) electrons. The monoisotopic (exact) mass is 242 g/mol. The molecule has 0 aliphatic rings. The lowest BCUT2D eigenvalue weighted by molar-refractivity contribution is 0.748. The topological polar surface area (TPSA) is 17.8 Å².